The first-order chi connectivity index (χ1) is 11.6. The maximum Gasteiger partial charge on any atom is 0.338 e. The van der Waals surface area contributed by atoms with Crippen LogP contribution in [0.3, 0.4) is 0 Å². The highest BCUT2D eigenvalue weighted by Gasteiger charge is 2.10. The number of esters is 1. The van der Waals surface area contributed by atoms with Crippen molar-refractivity contribution in [3.8, 4) is 6.07 Å². The molecule has 0 bridgehead atoms. The number of nitriles is 1. The van der Waals surface area contributed by atoms with E-state index in [0.29, 0.717) is 23.4 Å². The minimum atomic E-state index is -0.583. The molecule has 0 aliphatic rings. The third-order valence-corrected chi connectivity index (χ3v) is 3.11. The molecule has 2 aromatic carbocycles. The summed E-state index contributed by atoms with van der Waals surface area (Å²) < 4.78 is 9.96. The quantitative estimate of drug-likeness (QED) is 0.825. The zero-order valence-corrected chi connectivity index (χ0v) is 13.1. The van der Waals surface area contributed by atoms with E-state index in [1.54, 1.807) is 49.6 Å². The Morgan fingerprint density at radius 2 is 1.92 bits per heavy atom. The van der Waals surface area contributed by atoms with Crippen LogP contribution < -0.4 is 5.32 Å². The Morgan fingerprint density at radius 1 is 1.17 bits per heavy atom. The van der Waals surface area contributed by atoms with Crippen molar-refractivity contribution in [2.24, 2.45) is 0 Å². The number of nitrogens with zero attached hydrogens (tertiary/aromatic N) is 1. The molecule has 0 atom stereocenters. The van der Waals surface area contributed by atoms with Gasteiger partial charge in [-0.2, -0.15) is 5.26 Å². The predicted molar refractivity (Wildman–Crippen MR) is 87.2 cm³/mol. The van der Waals surface area contributed by atoms with Gasteiger partial charge >= 0.3 is 5.97 Å². The summed E-state index contributed by atoms with van der Waals surface area (Å²) in [7, 11) is 1.59. The van der Waals surface area contributed by atoms with Gasteiger partial charge in [-0.15, -0.1) is 0 Å². The minimum absolute atomic E-state index is 0.356. The Bertz CT molecular complexity index is 763. The van der Waals surface area contributed by atoms with Gasteiger partial charge in [0.1, 0.15) is 0 Å². The first-order valence-electron chi connectivity index (χ1n) is 7.17. The number of benzene rings is 2. The Morgan fingerprint density at radius 3 is 2.58 bits per heavy atom. The Hall–Kier alpha value is -3.17. The predicted octanol–water partition coefficient (Wildman–Crippen LogP) is 2.50. The molecule has 0 heterocycles. The molecule has 0 aliphatic carbocycles. The van der Waals surface area contributed by atoms with Crippen LogP contribution in [0.25, 0.3) is 0 Å². The van der Waals surface area contributed by atoms with Crippen LogP contribution in [0.2, 0.25) is 0 Å². The maximum absolute atomic E-state index is 11.9. The number of methoxy groups -OCH3 is 1. The third kappa shape index (κ3) is 4.93. The molecule has 0 unspecified atom stereocenters. The molecule has 2 aromatic rings. The summed E-state index contributed by atoms with van der Waals surface area (Å²) in [5, 5.41) is 11.4. The summed E-state index contributed by atoms with van der Waals surface area (Å²) in [6, 6.07) is 15.2. The highest BCUT2D eigenvalue weighted by molar-refractivity contribution is 5.95. The van der Waals surface area contributed by atoms with Crippen molar-refractivity contribution >= 4 is 17.6 Å². The van der Waals surface area contributed by atoms with Crippen LogP contribution in [-0.2, 0) is 20.9 Å². The van der Waals surface area contributed by atoms with E-state index in [2.05, 4.69) is 5.32 Å². The molecular formula is C18H16N2O4. The first-order valence-corrected chi connectivity index (χ1v) is 7.17. The van der Waals surface area contributed by atoms with Gasteiger partial charge in [0.2, 0.25) is 0 Å². The third-order valence-electron chi connectivity index (χ3n) is 3.11. The van der Waals surface area contributed by atoms with Gasteiger partial charge in [0.15, 0.2) is 6.61 Å². The fourth-order valence-electron chi connectivity index (χ4n) is 1.98. The number of amides is 1. The smallest absolute Gasteiger partial charge is 0.338 e. The second kappa shape index (κ2) is 8.46. The molecular weight excluding hydrogens is 308 g/mol. The van der Waals surface area contributed by atoms with Crippen molar-refractivity contribution in [2.75, 3.05) is 19.0 Å². The molecule has 0 spiro atoms. The van der Waals surface area contributed by atoms with Crippen LogP contribution in [0.5, 0.6) is 0 Å². The van der Waals surface area contributed by atoms with Crippen molar-refractivity contribution in [3.63, 3.8) is 0 Å². The van der Waals surface area contributed by atoms with Gasteiger partial charge in [-0.25, -0.2) is 4.79 Å². The molecule has 0 saturated carbocycles. The molecule has 0 aliphatic heterocycles. The lowest BCUT2D eigenvalue weighted by molar-refractivity contribution is -0.119. The van der Waals surface area contributed by atoms with Crippen molar-refractivity contribution in [3.05, 3.63) is 65.2 Å². The standard InChI is InChI=1S/C18H16N2O4/c1-23-11-13-5-7-15(8-6-13)18(22)24-12-17(21)20-16-4-2-3-14(9-16)10-19/h2-9H,11-12H2,1H3,(H,20,21). The zero-order chi connectivity index (χ0) is 17.4. The van der Waals surface area contributed by atoms with Crippen LogP contribution >= 0.6 is 0 Å². The van der Waals surface area contributed by atoms with Gasteiger partial charge in [0.05, 0.1) is 23.8 Å². The summed E-state index contributed by atoms with van der Waals surface area (Å²) in [6.07, 6.45) is 0. The van der Waals surface area contributed by atoms with Crippen LogP contribution in [0, 0.1) is 11.3 Å². The van der Waals surface area contributed by atoms with Crippen LogP contribution in [0.1, 0.15) is 21.5 Å². The normalized spacial score (nSPS) is 9.83. The van der Waals surface area contributed by atoms with Crippen LogP contribution in [0.4, 0.5) is 5.69 Å². The van der Waals surface area contributed by atoms with Crippen molar-refractivity contribution in [2.45, 2.75) is 6.61 Å². The molecule has 1 amide bonds. The Kier molecular flexibility index (Phi) is 6.06. The van der Waals surface area contributed by atoms with Gasteiger partial charge in [0, 0.05) is 12.8 Å². The molecule has 6 heteroatoms. The maximum atomic E-state index is 11.9. The Labute approximate surface area is 139 Å². The first kappa shape index (κ1) is 17.2. The van der Waals surface area contributed by atoms with E-state index in [-0.39, 0.29) is 0 Å². The zero-order valence-electron chi connectivity index (χ0n) is 13.1. The lowest BCUT2D eigenvalue weighted by atomic mass is 10.1. The molecule has 0 saturated heterocycles. The number of nitrogens with one attached hydrogen (secondary N) is 1. The van der Waals surface area contributed by atoms with Crippen molar-refractivity contribution in [1.82, 2.24) is 0 Å². The largest absolute Gasteiger partial charge is 0.452 e. The monoisotopic (exact) mass is 324 g/mol. The molecule has 1 N–H and O–H groups in total. The number of carbonyl (C=O) groups is 2. The number of hydrogen-bond donors (Lipinski definition) is 1. The molecule has 2 rings (SSSR count). The molecule has 0 fully saturated rings. The summed E-state index contributed by atoms with van der Waals surface area (Å²) in [6.45, 7) is 0.0505. The van der Waals surface area contributed by atoms with E-state index in [0.717, 1.165) is 5.56 Å². The average Bonchev–Trinajstić information content (AvgIpc) is 2.61. The number of carbonyl (C=O) groups excluding carboxylic acids is 2. The van der Waals surface area contributed by atoms with Gasteiger partial charge in [-0.05, 0) is 35.9 Å². The Balaban J connectivity index is 1.86. The van der Waals surface area contributed by atoms with Gasteiger partial charge in [-0.3, -0.25) is 4.79 Å². The molecule has 24 heavy (non-hydrogen) atoms. The second-order valence-electron chi connectivity index (χ2n) is 4.95. The van der Waals surface area contributed by atoms with E-state index in [1.165, 1.54) is 6.07 Å². The van der Waals surface area contributed by atoms with Gasteiger partial charge < -0.3 is 14.8 Å². The van der Waals surface area contributed by atoms with E-state index < -0.39 is 18.5 Å². The van der Waals surface area contributed by atoms with Gasteiger partial charge in [-0.1, -0.05) is 18.2 Å². The lowest BCUT2D eigenvalue weighted by Crippen LogP contribution is -2.21. The van der Waals surface area contributed by atoms with Crippen LogP contribution in [-0.4, -0.2) is 25.6 Å². The van der Waals surface area contributed by atoms with E-state index in [4.69, 9.17) is 14.7 Å². The van der Waals surface area contributed by atoms with E-state index in [9.17, 15) is 9.59 Å². The number of anilines is 1. The molecule has 6 nitrogen and oxygen atoms in total. The average molecular weight is 324 g/mol. The van der Waals surface area contributed by atoms with Crippen molar-refractivity contribution < 1.29 is 19.1 Å². The van der Waals surface area contributed by atoms with E-state index in [1.807, 2.05) is 6.07 Å². The fourth-order valence-corrected chi connectivity index (χ4v) is 1.98. The highest BCUT2D eigenvalue weighted by atomic mass is 16.5. The lowest BCUT2D eigenvalue weighted by Gasteiger charge is -2.07. The summed E-state index contributed by atoms with van der Waals surface area (Å²) in [4.78, 5) is 23.7. The highest BCUT2D eigenvalue weighted by Crippen LogP contribution is 2.10. The number of rotatable bonds is 6. The molecule has 0 aromatic heterocycles. The second-order valence-corrected chi connectivity index (χ2v) is 4.95. The van der Waals surface area contributed by atoms with Gasteiger partial charge in [0.25, 0.3) is 5.91 Å². The summed E-state index contributed by atoms with van der Waals surface area (Å²) in [5.74, 6) is -1.06. The summed E-state index contributed by atoms with van der Waals surface area (Å²) >= 11 is 0. The number of hydrogen-bond acceptors (Lipinski definition) is 5. The van der Waals surface area contributed by atoms with E-state index >= 15 is 0 Å². The summed E-state index contributed by atoms with van der Waals surface area (Å²) in [5.41, 5.74) is 2.19. The molecule has 122 valence electrons. The minimum Gasteiger partial charge on any atom is -0.452 e. The SMILES string of the molecule is COCc1ccc(C(=O)OCC(=O)Nc2cccc(C#N)c2)cc1. The molecule has 0 radical (unpaired) electrons. The van der Waals surface area contributed by atoms with Crippen molar-refractivity contribution in [1.29, 1.82) is 5.26 Å². The number of ether oxygens (including phenoxy) is 2. The fraction of sp³-hybridized carbons (Fsp3) is 0.167. The topological polar surface area (TPSA) is 88.4 Å². The van der Waals surface area contributed by atoms with Crippen LogP contribution in [0.15, 0.2) is 48.5 Å².